The fourth-order valence-electron chi connectivity index (χ4n) is 2.70. The number of aromatic hydroxyl groups is 1. The third-order valence-corrected chi connectivity index (χ3v) is 3.99. The molecule has 130 valence electrons. The Bertz CT molecular complexity index is 1230. The molecule has 2 aromatic carbocycles. The van der Waals surface area contributed by atoms with Crippen molar-refractivity contribution in [3.8, 4) is 11.5 Å². The van der Waals surface area contributed by atoms with Crippen molar-refractivity contribution in [1.82, 2.24) is 14.6 Å². The van der Waals surface area contributed by atoms with E-state index in [0.717, 1.165) is 4.68 Å². The van der Waals surface area contributed by atoms with Crippen LogP contribution in [0.5, 0.6) is 11.5 Å². The lowest BCUT2D eigenvalue weighted by Crippen LogP contribution is -2.17. The van der Waals surface area contributed by atoms with Crippen LogP contribution in [0.3, 0.4) is 0 Å². The zero-order valence-electron chi connectivity index (χ0n) is 13.6. The van der Waals surface area contributed by atoms with Gasteiger partial charge in [-0.1, -0.05) is 0 Å². The van der Waals surface area contributed by atoms with Crippen molar-refractivity contribution >= 4 is 28.2 Å². The Kier molecular flexibility index (Phi) is 3.65. The van der Waals surface area contributed by atoms with E-state index in [1.807, 2.05) is 0 Å². The van der Waals surface area contributed by atoms with Crippen molar-refractivity contribution in [2.24, 2.45) is 5.10 Å². The van der Waals surface area contributed by atoms with Crippen LogP contribution in [-0.2, 0) is 0 Å². The van der Waals surface area contributed by atoms with E-state index in [9.17, 15) is 14.3 Å². The predicted molar refractivity (Wildman–Crippen MR) is 95.5 cm³/mol. The summed E-state index contributed by atoms with van der Waals surface area (Å²) < 4.78 is 19.6. The molecule has 0 aliphatic carbocycles. The lowest BCUT2D eigenvalue weighted by Gasteiger charge is -2.03. The molecule has 0 fully saturated rings. The second kappa shape index (κ2) is 5.99. The first-order valence-electron chi connectivity index (χ1n) is 7.67. The molecule has 2 heterocycles. The second-order valence-corrected chi connectivity index (χ2v) is 5.61. The Hall–Kier alpha value is -3.68. The van der Waals surface area contributed by atoms with E-state index in [1.165, 1.54) is 37.9 Å². The summed E-state index contributed by atoms with van der Waals surface area (Å²) in [7, 11) is 1.44. The Labute approximate surface area is 146 Å². The van der Waals surface area contributed by atoms with Crippen LogP contribution in [0.4, 0.5) is 4.39 Å². The molecule has 0 atom stereocenters. The highest BCUT2D eigenvalue weighted by molar-refractivity contribution is 6.04. The summed E-state index contributed by atoms with van der Waals surface area (Å²) in [6.45, 7) is 0. The molecule has 26 heavy (non-hydrogen) atoms. The van der Waals surface area contributed by atoms with Gasteiger partial charge in [-0.3, -0.25) is 4.79 Å². The number of phenolic OH excluding ortho intramolecular Hbond substituents is 1. The summed E-state index contributed by atoms with van der Waals surface area (Å²) in [5.41, 5.74) is 1.48. The molecule has 0 amide bonds. The number of aromatic amines is 1. The van der Waals surface area contributed by atoms with Crippen molar-refractivity contribution in [1.29, 1.82) is 0 Å². The quantitative estimate of drug-likeness (QED) is 0.554. The van der Waals surface area contributed by atoms with Crippen molar-refractivity contribution in [2.75, 3.05) is 7.11 Å². The zero-order valence-corrected chi connectivity index (χ0v) is 13.6. The maximum Gasteiger partial charge on any atom is 0.298 e. The van der Waals surface area contributed by atoms with Gasteiger partial charge in [-0.2, -0.15) is 9.78 Å². The number of halogens is 1. The first-order valence-corrected chi connectivity index (χ1v) is 7.67. The van der Waals surface area contributed by atoms with Crippen molar-refractivity contribution in [3.05, 3.63) is 64.5 Å². The van der Waals surface area contributed by atoms with Gasteiger partial charge >= 0.3 is 0 Å². The summed E-state index contributed by atoms with van der Waals surface area (Å²) in [5, 5.41) is 14.2. The number of methoxy groups -OCH3 is 1. The maximum atomic E-state index is 13.4. The van der Waals surface area contributed by atoms with E-state index in [4.69, 9.17) is 4.74 Å². The minimum absolute atomic E-state index is 0.00945. The van der Waals surface area contributed by atoms with E-state index >= 15 is 0 Å². The number of fused-ring (bicyclic) bond motifs is 3. The van der Waals surface area contributed by atoms with Gasteiger partial charge in [-0.15, -0.1) is 0 Å². The van der Waals surface area contributed by atoms with Gasteiger partial charge in [0, 0.05) is 10.9 Å². The van der Waals surface area contributed by atoms with E-state index < -0.39 is 11.4 Å². The number of hydrogen-bond donors (Lipinski definition) is 2. The molecule has 0 radical (unpaired) electrons. The highest BCUT2D eigenvalue weighted by Crippen LogP contribution is 2.25. The van der Waals surface area contributed by atoms with Gasteiger partial charge in [0.1, 0.15) is 23.2 Å². The molecule has 4 rings (SSSR count). The van der Waals surface area contributed by atoms with Crippen molar-refractivity contribution < 1.29 is 14.2 Å². The van der Waals surface area contributed by atoms with Gasteiger partial charge in [0.25, 0.3) is 5.56 Å². The zero-order chi connectivity index (χ0) is 18.3. The van der Waals surface area contributed by atoms with Crippen LogP contribution in [-0.4, -0.2) is 33.1 Å². The monoisotopic (exact) mass is 352 g/mol. The maximum absolute atomic E-state index is 13.4. The van der Waals surface area contributed by atoms with Crippen molar-refractivity contribution in [2.45, 2.75) is 0 Å². The molecular formula is C18H13FN4O3. The number of rotatable bonds is 3. The largest absolute Gasteiger partial charge is 0.504 e. The molecule has 0 saturated heterocycles. The van der Waals surface area contributed by atoms with Gasteiger partial charge in [0.15, 0.2) is 11.5 Å². The van der Waals surface area contributed by atoms with Crippen LogP contribution >= 0.6 is 0 Å². The fourth-order valence-corrected chi connectivity index (χ4v) is 2.70. The van der Waals surface area contributed by atoms with Crippen LogP contribution < -0.4 is 10.3 Å². The topological polar surface area (TPSA) is 92.5 Å². The highest BCUT2D eigenvalue weighted by Gasteiger charge is 2.11. The number of H-pyrrole nitrogens is 1. The van der Waals surface area contributed by atoms with Gasteiger partial charge in [0.05, 0.1) is 13.3 Å². The number of aromatic nitrogens is 3. The summed E-state index contributed by atoms with van der Waals surface area (Å²) in [4.78, 5) is 19.8. The number of benzene rings is 2. The van der Waals surface area contributed by atoms with Gasteiger partial charge < -0.3 is 14.8 Å². The molecule has 7 nitrogen and oxygen atoms in total. The Morgan fingerprint density at radius 3 is 2.96 bits per heavy atom. The molecule has 2 aromatic heterocycles. The van der Waals surface area contributed by atoms with Crippen LogP contribution in [0.2, 0.25) is 0 Å². The van der Waals surface area contributed by atoms with E-state index in [-0.39, 0.29) is 11.3 Å². The third-order valence-electron chi connectivity index (χ3n) is 3.99. The molecule has 2 N–H and O–H groups in total. The third kappa shape index (κ3) is 2.57. The molecule has 0 saturated carbocycles. The fraction of sp³-hybridized carbons (Fsp3) is 0.0556. The summed E-state index contributed by atoms with van der Waals surface area (Å²) in [6.07, 6.45) is 2.72. The molecule has 0 bridgehead atoms. The van der Waals surface area contributed by atoms with Crippen LogP contribution in [0.25, 0.3) is 21.9 Å². The van der Waals surface area contributed by atoms with Gasteiger partial charge in [0.2, 0.25) is 0 Å². The number of hydrogen-bond acceptors (Lipinski definition) is 5. The molecule has 0 aliphatic heterocycles. The highest BCUT2D eigenvalue weighted by atomic mass is 19.1. The molecule has 8 heteroatoms. The lowest BCUT2D eigenvalue weighted by atomic mass is 10.2. The van der Waals surface area contributed by atoms with Crippen LogP contribution in [0, 0.1) is 5.82 Å². The minimum atomic E-state index is -0.409. The van der Waals surface area contributed by atoms with E-state index in [2.05, 4.69) is 15.1 Å². The number of phenols is 1. The first kappa shape index (κ1) is 15.8. The standard InChI is InChI=1S/C18H13FN4O3/c1-26-15-6-10(2-5-14(15)24)8-21-23-9-20-16-12-7-11(19)3-4-13(12)22-17(16)18(23)25/h2-9,22,24H,1H3/b21-8+. The van der Waals surface area contributed by atoms with Gasteiger partial charge in [-0.25, -0.2) is 9.37 Å². The molecular weight excluding hydrogens is 339 g/mol. The predicted octanol–water partition coefficient (Wildman–Crippen LogP) is 2.61. The summed E-state index contributed by atoms with van der Waals surface area (Å²) in [5.74, 6) is -0.0913. The Morgan fingerprint density at radius 2 is 2.15 bits per heavy atom. The molecule has 0 unspecified atom stereocenters. The first-order chi connectivity index (χ1) is 12.6. The number of ether oxygens (including phenoxy) is 1. The number of nitrogens with zero attached hydrogens (tertiary/aromatic N) is 3. The van der Waals surface area contributed by atoms with E-state index in [1.54, 1.807) is 18.2 Å². The SMILES string of the molecule is COc1cc(/C=N/n2cnc3c([nH]c4ccc(F)cc43)c2=O)ccc1O. The summed E-state index contributed by atoms with van der Waals surface area (Å²) in [6, 6.07) is 8.88. The Morgan fingerprint density at radius 1 is 1.31 bits per heavy atom. The Balaban J connectivity index is 1.79. The summed E-state index contributed by atoms with van der Waals surface area (Å²) >= 11 is 0. The minimum Gasteiger partial charge on any atom is -0.504 e. The average Bonchev–Trinajstić information content (AvgIpc) is 3.01. The molecule has 0 aliphatic rings. The van der Waals surface area contributed by atoms with Crippen molar-refractivity contribution in [3.63, 3.8) is 0 Å². The number of nitrogens with one attached hydrogen (secondary N) is 1. The second-order valence-electron chi connectivity index (χ2n) is 5.61. The molecule has 0 spiro atoms. The normalized spacial score (nSPS) is 11.6. The molecule has 4 aromatic rings. The lowest BCUT2D eigenvalue weighted by molar-refractivity contribution is 0.373. The van der Waals surface area contributed by atoms with E-state index in [0.29, 0.717) is 27.7 Å². The smallest absolute Gasteiger partial charge is 0.298 e. The van der Waals surface area contributed by atoms with Crippen LogP contribution in [0.1, 0.15) is 5.56 Å². The van der Waals surface area contributed by atoms with Gasteiger partial charge in [-0.05, 0) is 42.0 Å². The average molecular weight is 352 g/mol. The van der Waals surface area contributed by atoms with Crippen LogP contribution in [0.15, 0.2) is 52.6 Å².